The summed E-state index contributed by atoms with van der Waals surface area (Å²) in [6, 6.07) is 6.91. The maximum atomic E-state index is 4.38. The third-order valence-electron chi connectivity index (χ3n) is 3.47. The third kappa shape index (κ3) is 3.30. The van der Waals surface area contributed by atoms with E-state index in [2.05, 4.69) is 69.8 Å². The largest absolute Gasteiger partial charge is 0.310 e. The fourth-order valence-corrected chi connectivity index (χ4v) is 2.87. The summed E-state index contributed by atoms with van der Waals surface area (Å²) in [5, 5.41) is 3.51. The van der Waals surface area contributed by atoms with Crippen molar-refractivity contribution in [1.82, 2.24) is 14.9 Å². The van der Waals surface area contributed by atoms with E-state index in [0.717, 1.165) is 35.4 Å². The predicted octanol–water partition coefficient (Wildman–Crippen LogP) is 4.26. The fraction of sp³-hybridized carbons (Fsp3) is 0.438. The molecular weight excluding hydrogens is 314 g/mol. The summed E-state index contributed by atoms with van der Waals surface area (Å²) in [6.07, 6.45) is 5.94. The monoisotopic (exact) mass is 335 g/mol. The molecule has 1 aromatic carbocycles. The number of aromatic nitrogens is 2. The highest BCUT2D eigenvalue weighted by molar-refractivity contribution is 9.10. The van der Waals surface area contributed by atoms with Gasteiger partial charge < -0.3 is 9.88 Å². The van der Waals surface area contributed by atoms with Gasteiger partial charge in [0.1, 0.15) is 5.82 Å². The first-order chi connectivity index (χ1) is 9.67. The number of hydrogen-bond acceptors (Lipinski definition) is 2. The Balaban J connectivity index is 2.26. The average Bonchev–Trinajstić information content (AvgIpc) is 2.92. The van der Waals surface area contributed by atoms with E-state index in [0.29, 0.717) is 6.04 Å². The maximum absolute atomic E-state index is 4.38. The van der Waals surface area contributed by atoms with Crippen LogP contribution in [0.25, 0.3) is 5.69 Å². The molecule has 3 nitrogen and oxygen atoms in total. The van der Waals surface area contributed by atoms with Crippen molar-refractivity contribution in [2.24, 2.45) is 0 Å². The molecule has 0 aliphatic carbocycles. The molecule has 0 amide bonds. The lowest BCUT2D eigenvalue weighted by molar-refractivity contribution is 0.570. The number of halogens is 1. The molecule has 0 bridgehead atoms. The van der Waals surface area contributed by atoms with E-state index in [9.17, 15) is 0 Å². The molecule has 0 aliphatic heterocycles. The Morgan fingerprint density at radius 1 is 1.35 bits per heavy atom. The fourth-order valence-electron chi connectivity index (χ4n) is 2.28. The Morgan fingerprint density at radius 3 is 2.80 bits per heavy atom. The number of nitrogens with one attached hydrogen (secondary N) is 1. The smallest absolute Gasteiger partial charge is 0.112 e. The summed E-state index contributed by atoms with van der Waals surface area (Å²) < 4.78 is 3.24. The van der Waals surface area contributed by atoms with Crippen LogP contribution < -0.4 is 5.32 Å². The molecule has 1 atom stereocenters. The van der Waals surface area contributed by atoms with Gasteiger partial charge in [0.2, 0.25) is 0 Å². The molecule has 108 valence electrons. The lowest BCUT2D eigenvalue weighted by Gasteiger charge is -2.16. The first kappa shape index (κ1) is 15.3. The van der Waals surface area contributed by atoms with Crippen LogP contribution >= 0.6 is 15.9 Å². The second-order valence-corrected chi connectivity index (χ2v) is 5.81. The van der Waals surface area contributed by atoms with Crippen molar-refractivity contribution in [1.29, 1.82) is 0 Å². The van der Waals surface area contributed by atoms with Gasteiger partial charge >= 0.3 is 0 Å². The maximum Gasteiger partial charge on any atom is 0.112 e. The van der Waals surface area contributed by atoms with Crippen LogP contribution in [0.1, 0.15) is 44.6 Å². The second kappa shape index (κ2) is 7.04. The molecule has 1 N–H and O–H groups in total. The number of aryl methyl sites for hydroxylation is 1. The minimum atomic E-state index is 0.369. The molecule has 1 heterocycles. The summed E-state index contributed by atoms with van der Waals surface area (Å²) in [6.45, 7) is 7.55. The number of rotatable bonds is 6. The summed E-state index contributed by atoms with van der Waals surface area (Å²) in [5.41, 5.74) is 2.44. The minimum Gasteiger partial charge on any atom is -0.310 e. The topological polar surface area (TPSA) is 29.9 Å². The molecule has 0 aliphatic rings. The summed E-state index contributed by atoms with van der Waals surface area (Å²) in [4.78, 5) is 4.38. The number of imidazole rings is 1. The number of benzene rings is 1. The van der Waals surface area contributed by atoms with Crippen molar-refractivity contribution >= 4 is 15.9 Å². The van der Waals surface area contributed by atoms with E-state index in [1.54, 1.807) is 0 Å². The summed E-state index contributed by atoms with van der Waals surface area (Å²) in [5.74, 6) is 1.08. The van der Waals surface area contributed by atoms with Crippen molar-refractivity contribution < 1.29 is 0 Å². The van der Waals surface area contributed by atoms with Crippen LogP contribution in [0.3, 0.4) is 0 Å². The quantitative estimate of drug-likeness (QED) is 0.854. The van der Waals surface area contributed by atoms with Crippen LogP contribution in [-0.4, -0.2) is 16.1 Å². The zero-order valence-corrected chi connectivity index (χ0v) is 13.9. The third-order valence-corrected chi connectivity index (χ3v) is 4.10. The zero-order valence-electron chi connectivity index (χ0n) is 12.4. The van der Waals surface area contributed by atoms with Crippen molar-refractivity contribution in [3.63, 3.8) is 0 Å². The first-order valence-electron chi connectivity index (χ1n) is 7.22. The minimum absolute atomic E-state index is 0.369. The molecule has 2 aromatic rings. The van der Waals surface area contributed by atoms with Crippen LogP contribution in [0, 0.1) is 0 Å². The van der Waals surface area contributed by atoms with Crippen LogP contribution in [-0.2, 0) is 6.42 Å². The Hall–Kier alpha value is -1.13. The van der Waals surface area contributed by atoms with E-state index in [-0.39, 0.29) is 0 Å². The van der Waals surface area contributed by atoms with Crippen LogP contribution in [0.15, 0.2) is 35.1 Å². The molecule has 0 fully saturated rings. The molecule has 0 radical (unpaired) electrons. The Labute approximate surface area is 129 Å². The molecule has 0 saturated heterocycles. The lowest BCUT2D eigenvalue weighted by Crippen LogP contribution is -2.19. The van der Waals surface area contributed by atoms with Crippen LogP contribution in [0.5, 0.6) is 0 Å². The van der Waals surface area contributed by atoms with E-state index in [1.807, 2.05) is 12.4 Å². The van der Waals surface area contributed by atoms with Crippen molar-refractivity contribution in [2.45, 2.75) is 39.7 Å². The lowest BCUT2D eigenvalue weighted by atomic mass is 10.1. The van der Waals surface area contributed by atoms with E-state index >= 15 is 0 Å². The Bertz CT molecular complexity index is 563. The normalized spacial score (nSPS) is 12.6. The van der Waals surface area contributed by atoms with Gasteiger partial charge in [-0.05, 0) is 53.5 Å². The Kier molecular flexibility index (Phi) is 5.38. The Morgan fingerprint density at radius 2 is 2.15 bits per heavy atom. The average molecular weight is 336 g/mol. The number of nitrogens with zero attached hydrogens (tertiary/aromatic N) is 2. The summed E-state index contributed by atoms with van der Waals surface area (Å²) in [7, 11) is 0. The summed E-state index contributed by atoms with van der Waals surface area (Å²) >= 11 is 3.69. The van der Waals surface area contributed by atoms with Gasteiger partial charge in [-0.2, -0.15) is 0 Å². The molecular formula is C16H22BrN3. The molecule has 1 aromatic heterocycles. The second-order valence-electron chi connectivity index (χ2n) is 4.95. The molecule has 0 spiro atoms. The van der Waals surface area contributed by atoms with Gasteiger partial charge in [-0.3, -0.25) is 0 Å². The van der Waals surface area contributed by atoms with Gasteiger partial charge in [-0.1, -0.05) is 19.9 Å². The van der Waals surface area contributed by atoms with Gasteiger partial charge in [-0.25, -0.2) is 4.98 Å². The van der Waals surface area contributed by atoms with Crippen molar-refractivity contribution in [2.75, 3.05) is 6.54 Å². The standard InChI is InChI=1S/C16H22BrN3/c1-4-8-18-12(3)13-6-7-15(14(17)11-13)20-10-9-19-16(20)5-2/h6-7,9-12,18H,4-5,8H2,1-3H3. The number of hydrogen-bond donors (Lipinski definition) is 1. The van der Waals surface area contributed by atoms with Gasteiger partial charge in [0.05, 0.1) is 5.69 Å². The predicted molar refractivity (Wildman–Crippen MR) is 87.4 cm³/mol. The van der Waals surface area contributed by atoms with Gasteiger partial charge in [0, 0.05) is 29.3 Å². The van der Waals surface area contributed by atoms with E-state index in [1.165, 1.54) is 5.56 Å². The molecule has 0 saturated carbocycles. The molecule has 2 rings (SSSR count). The highest BCUT2D eigenvalue weighted by atomic mass is 79.9. The zero-order chi connectivity index (χ0) is 14.5. The molecule has 20 heavy (non-hydrogen) atoms. The van der Waals surface area contributed by atoms with Crippen molar-refractivity contribution in [3.05, 3.63) is 46.5 Å². The molecule has 4 heteroatoms. The SMILES string of the molecule is CCCNC(C)c1ccc(-n2ccnc2CC)c(Br)c1. The van der Waals surface area contributed by atoms with Crippen LogP contribution in [0.2, 0.25) is 0 Å². The van der Waals surface area contributed by atoms with Gasteiger partial charge in [0.25, 0.3) is 0 Å². The van der Waals surface area contributed by atoms with Crippen LogP contribution in [0.4, 0.5) is 0 Å². The van der Waals surface area contributed by atoms with E-state index < -0.39 is 0 Å². The molecule has 1 unspecified atom stereocenters. The van der Waals surface area contributed by atoms with Crippen molar-refractivity contribution in [3.8, 4) is 5.69 Å². The highest BCUT2D eigenvalue weighted by Crippen LogP contribution is 2.26. The van der Waals surface area contributed by atoms with Gasteiger partial charge in [-0.15, -0.1) is 0 Å². The van der Waals surface area contributed by atoms with Gasteiger partial charge in [0.15, 0.2) is 0 Å². The van der Waals surface area contributed by atoms with E-state index in [4.69, 9.17) is 0 Å². The first-order valence-corrected chi connectivity index (χ1v) is 8.02. The highest BCUT2D eigenvalue weighted by Gasteiger charge is 2.10.